The Hall–Kier alpha value is -2.28. The zero-order valence-electron chi connectivity index (χ0n) is 10.4. The van der Waals surface area contributed by atoms with Crippen LogP contribution in [0.1, 0.15) is 16.8 Å². The second kappa shape index (κ2) is 4.53. The number of H-pyrrole nitrogens is 1. The monoisotopic (exact) mass is 233 g/mol. The molecule has 1 N–H and O–H groups in total. The molecule has 1 nitrogen and oxygen atoms in total. The first-order chi connectivity index (χ1) is 8.83. The van der Waals surface area contributed by atoms with Crippen molar-refractivity contribution in [2.45, 2.75) is 6.92 Å². The molecule has 0 bridgehead atoms. The number of nitrogens with one attached hydrogen (secondary N) is 1. The lowest BCUT2D eigenvalue weighted by atomic mass is 10.1. The van der Waals surface area contributed by atoms with E-state index in [9.17, 15) is 0 Å². The van der Waals surface area contributed by atoms with Gasteiger partial charge in [-0.25, -0.2) is 0 Å². The summed E-state index contributed by atoms with van der Waals surface area (Å²) in [6.07, 6.45) is 4.28. The molecule has 1 heterocycles. The quantitative estimate of drug-likeness (QED) is 0.663. The van der Waals surface area contributed by atoms with Gasteiger partial charge >= 0.3 is 0 Å². The fourth-order valence-corrected chi connectivity index (χ4v) is 2.14. The summed E-state index contributed by atoms with van der Waals surface area (Å²) in [6, 6.07) is 18.9. The van der Waals surface area contributed by atoms with E-state index in [-0.39, 0.29) is 0 Å². The van der Waals surface area contributed by atoms with Crippen molar-refractivity contribution in [3.63, 3.8) is 0 Å². The van der Waals surface area contributed by atoms with E-state index in [2.05, 4.69) is 72.6 Å². The van der Waals surface area contributed by atoms with Crippen LogP contribution in [0.15, 0.2) is 54.6 Å². The smallest absolute Gasteiger partial charge is 0.0458 e. The van der Waals surface area contributed by atoms with Gasteiger partial charge in [-0.3, -0.25) is 0 Å². The van der Waals surface area contributed by atoms with Crippen LogP contribution in [0.25, 0.3) is 23.1 Å². The van der Waals surface area contributed by atoms with Crippen molar-refractivity contribution >= 4 is 23.1 Å². The Labute approximate surface area is 107 Å². The predicted octanol–water partition coefficient (Wildman–Crippen LogP) is 4.65. The predicted molar refractivity (Wildman–Crippen MR) is 78.4 cm³/mol. The van der Waals surface area contributed by atoms with Crippen LogP contribution in [-0.2, 0) is 0 Å². The number of aromatic nitrogens is 1. The van der Waals surface area contributed by atoms with Crippen molar-refractivity contribution in [3.8, 4) is 0 Å². The normalized spacial score (nSPS) is 11.4. The Morgan fingerprint density at radius 1 is 0.889 bits per heavy atom. The van der Waals surface area contributed by atoms with Crippen LogP contribution >= 0.6 is 0 Å². The average molecular weight is 233 g/mol. The summed E-state index contributed by atoms with van der Waals surface area (Å²) in [6.45, 7) is 2.13. The molecule has 88 valence electrons. The van der Waals surface area contributed by atoms with Crippen molar-refractivity contribution in [2.75, 3.05) is 0 Å². The van der Waals surface area contributed by atoms with Crippen LogP contribution in [0.3, 0.4) is 0 Å². The fourth-order valence-electron chi connectivity index (χ4n) is 2.14. The number of para-hydroxylation sites is 1. The van der Waals surface area contributed by atoms with Gasteiger partial charge < -0.3 is 4.98 Å². The molecule has 0 radical (unpaired) electrons. The minimum atomic E-state index is 1.14. The second-order valence-corrected chi connectivity index (χ2v) is 4.50. The molecule has 0 aliphatic heterocycles. The molecule has 0 saturated heterocycles. The average Bonchev–Trinajstić information content (AvgIpc) is 2.80. The molecule has 0 spiro atoms. The molecule has 18 heavy (non-hydrogen) atoms. The summed E-state index contributed by atoms with van der Waals surface area (Å²) in [5, 5.41) is 1.25. The van der Waals surface area contributed by atoms with Crippen molar-refractivity contribution in [3.05, 3.63) is 71.4 Å². The van der Waals surface area contributed by atoms with E-state index in [1.165, 1.54) is 22.0 Å². The van der Waals surface area contributed by atoms with Crippen molar-refractivity contribution < 1.29 is 0 Å². The SMILES string of the molecule is Cc1ccccc1C=Cc1cc2ccccc2[nH]1. The summed E-state index contributed by atoms with van der Waals surface area (Å²) < 4.78 is 0. The minimum absolute atomic E-state index is 1.14. The first-order valence-electron chi connectivity index (χ1n) is 6.14. The summed E-state index contributed by atoms with van der Waals surface area (Å²) in [5.41, 5.74) is 4.88. The van der Waals surface area contributed by atoms with Crippen LogP contribution in [0.4, 0.5) is 0 Å². The highest BCUT2D eigenvalue weighted by molar-refractivity contribution is 5.84. The van der Waals surface area contributed by atoms with E-state index in [1.54, 1.807) is 0 Å². The summed E-state index contributed by atoms with van der Waals surface area (Å²) in [7, 11) is 0. The molecule has 0 atom stereocenters. The van der Waals surface area contributed by atoms with Crippen LogP contribution in [0, 0.1) is 6.92 Å². The molecular weight excluding hydrogens is 218 g/mol. The number of benzene rings is 2. The second-order valence-electron chi connectivity index (χ2n) is 4.50. The third kappa shape index (κ3) is 2.07. The van der Waals surface area contributed by atoms with Gasteiger partial charge in [0.15, 0.2) is 0 Å². The summed E-state index contributed by atoms with van der Waals surface area (Å²) >= 11 is 0. The van der Waals surface area contributed by atoms with Gasteiger partial charge in [-0.1, -0.05) is 48.5 Å². The molecule has 0 fully saturated rings. The molecule has 1 heteroatoms. The number of hydrogen-bond acceptors (Lipinski definition) is 0. The molecule has 0 saturated carbocycles. The van der Waals surface area contributed by atoms with E-state index in [1.807, 2.05) is 6.07 Å². The molecule has 3 aromatic rings. The maximum Gasteiger partial charge on any atom is 0.0458 e. The van der Waals surface area contributed by atoms with Crippen LogP contribution in [0.2, 0.25) is 0 Å². The third-order valence-electron chi connectivity index (χ3n) is 3.18. The lowest BCUT2D eigenvalue weighted by molar-refractivity contribution is 1.42. The Morgan fingerprint density at radius 2 is 1.67 bits per heavy atom. The van der Waals surface area contributed by atoms with E-state index < -0.39 is 0 Å². The van der Waals surface area contributed by atoms with E-state index in [0.717, 1.165) is 5.69 Å². The zero-order chi connectivity index (χ0) is 12.4. The largest absolute Gasteiger partial charge is 0.355 e. The topological polar surface area (TPSA) is 15.8 Å². The maximum absolute atomic E-state index is 3.40. The lowest BCUT2D eigenvalue weighted by Crippen LogP contribution is -1.78. The summed E-state index contributed by atoms with van der Waals surface area (Å²) in [5.74, 6) is 0. The minimum Gasteiger partial charge on any atom is -0.355 e. The van der Waals surface area contributed by atoms with Crippen LogP contribution < -0.4 is 0 Å². The van der Waals surface area contributed by atoms with Crippen molar-refractivity contribution in [2.24, 2.45) is 0 Å². The van der Waals surface area contributed by atoms with Gasteiger partial charge in [0.05, 0.1) is 0 Å². The number of aryl methyl sites for hydroxylation is 1. The molecule has 0 aliphatic rings. The molecule has 3 rings (SSSR count). The Balaban J connectivity index is 1.95. The van der Waals surface area contributed by atoms with Gasteiger partial charge in [0, 0.05) is 11.2 Å². The van der Waals surface area contributed by atoms with Gasteiger partial charge in [0.2, 0.25) is 0 Å². The van der Waals surface area contributed by atoms with Crippen molar-refractivity contribution in [1.29, 1.82) is 0 Å². The Bertz CT molecular complexity index is 671. The lowest BCUT2D eigenvalue weighted by Gasteiger charge is -1.97. The molecular formula is C17H15N. The highest BCUT2D eigenvalue weighted by atomic mass is 14.7. The first kappa shape index (κ1) is 10.8. The van der Waals surface area contributed by atoms with Gasteiger partial charge in [0.25, 0.3) is 0 Å². The van der Waals surface area contributed by atoms with Gasteiger partial charge in [0.1, 0.15) is 0 Å². The van der Waals surface area contributed by atoms with Crippen LogP contribution in [0.5, 0.6) is 0 Å². The van der Waals surface area contributed by atoms with E-state index in [0.29, 0.717) is 0 Å². The molecule has 0 amide bonds. The highest BCUT2D eigenvalue weighted by Crippen LogP contribution is 2.17. The van der Waals surface area contributed by atoms with Gasteiger partial charge in [-0.05, 0) is 41.6 Å². The number of fused-ring (bicyclic) bond motifs is 1. The summed E-state index contributed by atoms with van der Waals surface area (Å²) in [4.78, 5) is 3.40. The molecule has 0 aliphatic carbocycles. The number of rotatable bonds is 2. The maximum atomic E-state index is 3.40. The van der Waals surface area contributed by atoms with E-state index >= 15 is 0 Å². The highest BCUT2D eigenvalue weighted by Gasteiger charge is 1.96. The van der Waals surface area contributed by atoms with Crippen LogP contribution in [-0.4, -0.2) is 4.98 Å². The molecule has 1 aromatic heterocycles. The molecule has 2 aromatic carbocycles. The fraction of sp³-hybridized carbons (Fsp3) is 0.0588. The number of aromatic amines is 1. The zero-order valence-corrected chi connectivity index (χ0v) is 10.4. The standard InChI is InChI=1S/C17H15N/c1-13-6-2-3-7-14(13)10-11-16-12-15-8-4-5-9-17(15)18-16/h2-12,18H,1H3. The Kier molecular flexibility index (Phi) is 2.73. The third-order valence-corrected chi connectivity index (χ3v) is 3.18. The Morgan fingerprint density at radius 3 is 2.50 bits per heavy atom. The van der Waals surface area contributed by atoms with Gasteiger partial charge in [-0.15, -0.1) is 0 Å². The van der Waals surface area contributed by atoms with Crippen molar-refractivity contribution in [1.82, 2.24) is 4.98 Å². The number of hydrogen-bond donors (Lipinski definition) is 1. The van der Waals surface area contributed by atoms with Gasteiger partial charge in [-0.2, -0.15) is 0 Å². The molecule has 0 unspecified atom stereocenters. The first-order valence-corrected chi connectivity index (χ1v) is 6.14. The van der Waals surface area contributed by atoms with E-state index in [4.69, 9.17) is 0 Å².